The van der Waals surface area contributed by atoms with Crippen molar-refractivity contribution in [2.45, 2.75) is 34.1 Å². The van der Waals surface area contributed by atoms with Gasteiger partial charge >= 0.3 is 0 Å². The molecule has 0 bridgehead atoms. The molecule has 1 amide bonds. The Bertz CT molecular complexity index is 656. The third kappa shape index (κ3) is 2.74. The van der Waals surface area contributed by atoms with Gasteiger partial charge in [0.2, 0.25) is 5.91 Å². The van der Waals surface area contributed by atoms with E-state index in [9.17, 15) is 4.79 Å². The molecule has 0 atom stereocenters. The Morgan fingerprint density at radius 1 is 1.25 bits per heavy atom. The van der Waals surface area contributed by atoms with E-state index < -0.39 is 0 Å². The molecule has 4 heteroatoms. The summed E-state index contributed by atoms with van der Waals surface area (Å²) in [5, 5.41) is 7.33. The Hall–Kier alpha value is -2.10. The molecule has 1 aromatic heterocycles. The van der Waals surface area contributed by atoms with Crippen LogP contribution in [0.4, 0.5) is 5.69 Å². The van der Waals surface area contributed by atoms with Crippen molar-refractivity contribution in [3.63, 3.8) is 0 Å². The van der Waals surface area contributed by atoms with E-state index in [0.717, 1.165) is 28.2 Å². The molecule has 0 fully saturated rings. The largest absolute Gasteiger partial charge is 0.326 e. The number of nitrogens with zero attached hydrogens (tertiary/aromatic N) is 2. The van der Waals surface area contributed by atoms with Gasteiger partial charge in [-0.25, -0.2) is 0 Å². The van der Waals surface area contributed by atoms with Crippen LogP contribution in [0.5, 0.6) is 0 Å². The molecule has 0 aliphatic heterocycles. The lowest BCUT2D eigenvalue weighted by Crippen LogP contribution is -2.16. The van der Waals surface area contributed by atoms with E-state index in [1.165, 1.54) is 5.56 Å². The van der Waals surface area contributed by atoms with E-state index in [1.807, 2.05) is 57.6 Å². The van der Waals surface area contributed by atoms with Crippen LogP contribution < -0.4 is 5.32 Å². The van der Waals surface area contributed by atoms with Gasteiger partial charge in [-0.15, -0.1) is 0 Å². The van der Waals surface area contributed by atoms with Crippen LogP contribution in [0.2, 0.25) is 0 Å². The minimum Gasteiger partial charge on any atom is -0.326 e. The summed E-state index contributed by atoms with van der Waals surface area (Å²) >= 11 is 0. The van der Waals surface area contributed by atoms with E-state index in [0.29, 0.717) is 6.42 Å². The smallest absolute Gasteiger partial charge is 0.228 e. The SMILES string of the molecule is Cc1cccc(NC(=O)Cc2c(C)nn(C)c2C)c1C. The number of aryl methyl sites for hydroxylation is 3. The average Bonchev–Trinajstić information content (AvgIpc) is 2.62. The number of carbonyl (C=O) groups excluding carboxylic acids is 1. The normalized spacial score (nSPS) is 10.7. The summed E-state index contributed by atoms with van der Waals surface area (Å²) in [5.41, 5.74) is 6.14. The van der Waals surface area contributed by atoms with Gasteiger partial charge in [0.25, 0.3) is 0 Å². The Morgan fingerprint density at radius 2 is 1.95 bits per heavy atom. The van der Waals surface area contributed by atoms with Crippen LogP contribution in [0, 0.1) is 27.7 Å². The van der Waals surface area contributed by atoms with Gasteiger partial charge in [0.15, 0.2) is 0 Å². The zero-order chi connectivity index (χ0) is 14.9. The molecule has 106 valence electrons. The van der Waals surface area contributed by atoms with E-state index in [2.05, 4.69) is 10.4 Å². The quantitative estimate of drug-likeness (QED) is 0.933. The van der Waals surface area contributed by atoms with Gasteiger partial charge in [0, 0.05) is 24.0 Å². The first-order valence-electron chi connectivity index (χ1n) is 6.75. The standard InChI is InChI=1S/C16H21N3O/c1-10-7-6-8-15(11(10)2)17-16(20)9-14-12(3)18-19(5)13(14)4/h6-8H,9H2,1-5H3,(H,17,20). The second-order valence-electron chi connectivity index (χ2n) is 5.25. The van der Waals surface area contributed by atoms with Crippen molar-refractivity contribution < 1.29 is 4.79 Å². The molecule has 0 saturated carbocycles. The predicted molar refractivity (Wildman–Crippen MR) is 80.9 cm³/mol. The fraction of sp³-hybridized carbons (Fsp3) is 0.375. The number of amides is 1. The Kier molecular flexibility index (Phi) is 3.93. The molecular weight excluding hydrogens is 250 g/mol. The van der Waals surface area contributed by atoms with Gasteiger partial charge in [0.1, 0.15) is 0 Å². The third-order valence-corrected chi connectivity index (χ3v) is 3.87. The monoisotopic (exact) mass is 271 g/mol. The number of rotatable bonds is 3. The van der Waals surface area contributed by atoms with Gasteiger partial charge in [-0.2, -0.15) is 5.10 Å². The highest BCUT2D eigenvalue weighted by Crippen LogP contribution is 2.19. The summed E-state index contributed by atoms with van der Waals surface area (Å²) in [6.45, 7) is 7.99. The van der Waals surface area contributed by atoms with Crippen LogP contribution in [-0.4, -0.2) is 15.7 Å². The van der Waals surface area contributed by atoms with Crippen molar-refractivity contribution in [1.82, 2.24) is 9.78 Å². The lowest BCUT2D eigenvalue weighted by atomic mass is 10.1. The van der Waals surface area contributed by atoms with E-state index in [1.54, 1.807) is 0 Å². The first kappa shape index (κ1) is 14.3. The molecule has 1 aromatic carbocycles. The number of nitrogens with one attached hydrogen (secondary N) is 1. The number of carbonyl (C=O) groups is 1. The van der Waals surface area contributed by atoms with Crippen molar-refractivity contribution in [1.29, 1.82) is 0 Å². The maximum Gasteiger partial charge on any atom is 0.228 e. The lowest BCUT2D eigenvalue weighted by molar-refractivity contribution is -0.115. The molecule has 1 N–H and O–H groups in total. The Balaban J connectivity index is 2.15. The molecule has 2 rings (SSSR count). The highest BCUT2D eigenvalue weighted by atomic mass is 16.1. The molecule has 0 saturated heterocycles. The van der Waals surface area contributed by atoms with Crippen molar-refractivity contribution in [3.05, 3.63) is 46.3 Å². The summed E-state index contributed by atoms with van der Waals surface area (Å²) in [6, 6.07) is 5.93. The maximum atomic E-state index is 12.2. The van der Waals surface area contributed by atoms with Gasteiger partial charge in [-0.05, 0) is 44.9 Å². The molecule has 0 unspecified atom stereocenters. The van der Waals surface area contributed by atoms with Gasteiger partial charge in [0.05, 0.1) is 12.1 Å². The van der Waals surface area contributed by atoms with Crippen LogP contribution in [0.3, 0.4) is 0 Å². The number of anilines is 1. The Morgan fingerprint density at radius 3 is 2.55 bits per heavy atom. The highest BCUT2D eigenvalue weighted by molar-refractivity contribution is 5.93. The Labute approximate surface area is 119 Å². The van der Waals surface area contributed by atoms with E-state index in [4.69, 9.17) is 0 Å². The van der Waals surface area contributed by atoms with Crippen molar-refractivity contribution in [3.8, 4) is 0 Å². The molecule has 20 heavy (non-hydrogen) atoms. The number of aromatic nitrogens is 2. The first-order valence-corrected chi connectivity index (χ1v) is 6.75. The van der Waals surface area contributed by atoms with Crippen molar-refractivity contribution in [2.75, 3.05) is 5.32 Å². The molecule has 0 radical (unpaired) electrons. The molecule has 4 nitrogen and oxygen atoms in total. The second kappa shape index (κ2) is 5.49. The van der Waals surface area contributed by atoms with Crippen LogP contribution in [0.1, 0.15) is 28.1 Å². The third-order valence-electron chi connectivity index (χ3n) is 3.87. The summed E-state index contributed by atoms with van der Waals surface area (Å²) in [6.07, 6.45) is 0.360. The van der Waals surface area contributed by atoms with Crippen LogP contribution in [0.15, 0.2) is 18.2 Å². The summed E-state index contributed by atoms with van der Waals surface area (Å²) in [5.74, 6) is -0.00194. The number of hydrogen-bond acceptors (Lipinski definition) is 2. The maximum absolute atomic E-state index is 12.2. The molecule has 1 heterocycles. The highest BCUT2D eigenvalue weighted by Gasteiger charge is 2.14. The summed E-state index contributed by atoms with van der Waals surface area (Å²) in [4.78, 5) is 12.2. The lowest BCUT2D eigenvalue weighted by Gasteiger charge is -2.10. The van der Waals surface area contributed by atoms with Gasteiger partial charge < -0.3 is 5.32 Å². The first-order chi connectivity index (χ1) is 9.40. The predicted octanol–water partition coefficient (Wildman–Crippen LogP) is 2.83. The summed E-state index contributed by atoms with van der Waals surface area (Å²) in [7, 11) is 1.90. The second-order valence-corrected chi connectivity index (χ2v) is 5.25. The fourth-order valence-electron chi connectivity index (χ4n) is 2.31. The van der Waals surface area contributed by atoms with Gasteiger partial charge in [-0.3, -0.25) is 9.48 Å². The number of hydrogen-bond donors (Lipinski definition) is 1. The number of benzene rings is 1. The average molecular weight is 271 g/mol. The van der Waals surface area contributed by atoms with Crippen molar-refractivity contribution >= 4 is 11.6 Å². The molecule has 0 aliphatic carbocycles. The van der Waals surface area contributed by atoms with E-state index >= 15 is 0 Å². The van der Waals surface area contributed by atoms with E-state index in [-0.39, 0.29) is 5.91 Å². The zero-order valence-electron chi connectivity index (χ0n) is 12.7. The minimum atomic E-state index is -0.00194. The molecule has 0 aliphatic rings. The van der Waals surface area contributed by atoms with Crippen molar-refractivity contribution in [2.24, 2.45) is 7.05 Å². The molecular formula is C16H21N3O. The fourth-order valence-corrected chi connectivity index (χ4v) is 2.31. The molecule has 2 aromatic rings. The minimum absolute atomic E-state index is 0.00194. The van der Waals surface area contributed by atoms with Crippen LogP contribution >= 0.6 is 0 Å². The topological polar surface area (TPSA) is 46.9 Å². The van der Waals surface area contributed by atoms with Crippen LogP contribution in [-0.2, 0) is 18.3 Å². The van der Waals surface area contributed by atoms with Crippen LogP contribution in [0.25, 0.3) is 0 Å². The van der Waals surface area contributed by atoms with Gasteiger partial charge in [-0.1, -0.05) is 12.1 Å². The zero-order valence-corrected chi connectivity index (χ0v) is 12.7. The molecule has 0 spiro atoms. The summed E-state index contributed by atoms with van der Waals surface area (Å²) < 4.78 is 1.82.